The minimum Gasteiger partial charge on any atom is -0.462 e. The second-order valence-corrected chi connectivity index (χ2v) is 28.8. The number of rotatable bonds is 73. The van der Waals surface area contributed by atoms with Crippen molar-refractivity contribution in [3.05, 3.63) is 60.8 Å². The van der Waals surface area contributed by atoms with Gasteiger partial charge in [-0.05, 0) is 83.5 Å². The third-order valence-electron chi connectivity index (χ3n) is 16.5. The maximum absolute atomic E-state index is 13.1. The Balaban J connectivity index is 5.31. The van der Waals surface area contributed by atoms with Gasteiger partial charge in [0.1, 0.15) is 19.3 Å². The summed E-state index contributed by atoms with van der Waals surface area (Å²) in [6, 6.07) is 0. The average Bonchev–Trinajstić information content (AvgIpc) is 1.14. The molecule has 19 heteroatoms. The van der Waals surface area contributed by atoms with Crippen LogP contribution in [0, 0.1) is 0 Å². The van der Waals surface area contributed by atoms with Gasteiger partial charge in [0.05, 0.1) is 26.4 Å². The van der Waals surface area contributed by atoms with Crippen LogP contribution >= 0.6 is 15.6 Å². The highest BCUT2D eigenvalue weighted by Crippen LogP contribution is 2.45. The molecule has 0 heterocycles. The molecule has 0 aromatic heterocycles. The average molecular weight is 1400 g/mol. The molecular weight excluding hydrogens is 1260 g/mol. The summed E-state index contributed by atoms with van der Waals surface area (Å²) in [6.07, 6.45) is 67.8. The van der Waals surface area contributed by atoms with E-state index in [4.69, 9.17) is 37.0 Å². The minimum atomic E-state index is -4.97. The van der Waals surface area contributed by atoms with Crippen LogP contribution in [0.3, 0.4) is 0 Å². The maximum Gasteiger partial charge on any atom is 0.472 e. The number of aliphatic hydroxyl groups excluding tert-OH is 1. The summed E-state index contributed by atoms with van der Waals surface area (Å²) in [5.74, 6) is -2.18. The van der Waals surface area contributed by atoms with Gasteiger partial charge in [0.25, 0.3) is 0 Å². The number of carbonyl (C=O) groups excluding carboxylic acids is 4. The van der Waals surface area contributed by atoms with Crippen LogP contribution in [0.15, 0.2) is 60.8 Å². The van der Waals surface area contributed by atoms with E-state index in [0.717, 1.165) is 148 Å². The third-order valence-corrected chi connectivity index (χ3v) is 18.4. The Morgan fingerprint density at radius 3 is 0.875 bits per heavy atom. The van der Waals surface area contributed by atoms with E-state index >= 15 is 0 Å². The molecule has 17 nitrogen and oxygen atoms in total. The van der Waals surface area contributed by atoms with Gasteiger partial charge in [-0.3, -0.25) is 37.3 Å². The summed E-state index contributed by atoms with van der Waals surface area (Å²) in [5, 5.41) is 10.6. The number of aliphatic hydroxyl groups is 1. The van der Waals surface area contributed by atoms with Crippen molar-refractivity contribution in [2.45, 2.75) is 367 Å². The fourth-order valence-electron chi connectivity index (χ4n) is 10.6. The van der Waals surface area contributed by atoms with Crippen LogP contribution in [0.25, 0.3) is 0 Å². The van der Waals surface area contributed by atoms with Crippen molar-refractivity contribution in [3.63, 3.8) is 0 Å². The molecule has 0 bridgehead atoms. The predicted molar refractivity (Wildman–Crippen MR) is 390 cm³/mol. The first-order chi connectivity index (χ1) is 46.7. The lowest BCUT2D eigenvalue weighted by molar-refractivity contribution is -0.161. The molecular formula is C77H140O17P2. The van der Waals surface area contributed by atoms with Crippen LogP contribution in [-0.2, 0) is 65.4 Å². The third kappa shape index (κ3) is 69.2. The SMILES string of the molecule is CC/C=C\C/C=C\C/C=C\CCCCCCCC(=O)OCC(COP(=O)(O)OCC(O)COP(=O)(O)OCC(COC(=O)CCCCCCCCCCCCCCCCC)OC(=O)CCCCCCC/C=C\C/C=C\CCC)OC(=O)CCCCCCCCCCCCCCC. The van der Waals surface area contributed by atoms with Crippen molar-refractivity contribution in [3.8, 4) is 0 Å². The molecule has 0 aromatic rings. The highest BCUT2D eigenvalue weighted by Gasteiger charge is 2.30. The number of esters is 4. The molecule has 560 valence electrons. The number of hydrogen-bond acceptors (Lipinski definition) is 15. The summed E-state index contributed by atoms with van der Waals surface area (Å²) in [7, 11) is -9.94. The molecule has 0 amide bonds. The summed E-state index contributed by atoms with van der Waals surface area (Å²) in [5.41, 5.74) is 0. The molecule has 0 radical (unpaired) electrons. The molecule has 5 unspecified atom stereocenters. The zero-order valence-electron chi connectivity index (χ0n) is 61.1. The first kappa shape index (κ1) is 92.8. The van der Waals surface area contributed by atoms with Gasteiger partial charge in [-0.15, -0.1) is 0 Å². The predicted octanol–water partition coefficient (Wildman–Crippen LogP) is 21.9. The standard InChI is InChI=1S/C77H140O17P2/c1-5-9-13-17-21-25-29-33-35-39-41-45-49-53-57-61-74(79)87-67-72(93-76(81)63-59-55-51-47-43-37-31-27-23-19-15-11-7-3)69-91-95(83,84)89-65-71(78)66-90-96(85,86)92-70-73(94-77(82)64-60-56-52-48-44-38-32-28-24-20-16-12-8-4)68-88-75(80)62-58-54-50-46-42-40-36-34-30-26-22-18-14-10-6-2/h9,13,16,20-21,25,28,32-33,35,71-73,78H,5-8,10-12,14-15,17-19,22-24,26-27,29-31,34,36-70H2,1-4H3,(H,83,84)(H,85,86)/b13-9-,20-16-,25-21-,32-28-,35-33-. The lowest BCUT2D eigenvalue weighted by Gasteiger charge is -2.21. The van der Waals surface area contributed by atoms with Crippen LogP contribution in [0.2, 0.25) is 0 Å². The van der Waals surface area contributed by atoms with E-state index in [9.17, 15) is 43.2 Å². The molecule has 96 heavy (non-hydrogen) atoms. The van der Waals surface area contributed by atoms with Crippen molar-refractivity contribution < 1.29 is 80.2 Å². The van der Waals surface area contributed by atoms with E-state index in [1.54, 1.807) is 0 Å². The van der Waals surface area contributed by atoms with E-state index in [0.29, 0.717) is 25.7 Å². The van der Waals surface area contributed by atoms with Crippen LogP contribution in [-0.4, -0.2) is 96.7 Å². The van der Waals surface area contributed by atoms with Gasteiger partial charge in [0.2, 0.25) is 0 Å². The fraction of sp³-hybridized carbons (Fsp3) is 0.818. The monoisotopic (exact) mass is 1400 g/mol. The topological polar surface area (TPSA) is 237 Å². The summed E-state index contributed by atoms with van der Waals surface area (Å²) < 4.78 is 68.5. The lowest BCUT2D eigenvalue weighted by atomic mass is 10.0. The van der Waals surface area contributed by atoms with Crippen molar-refractivity contribution in [2.75, 3.05) is 39.6 Å². The van der Waals surface area contributed by atoms with Crippen LogP contribution in [0.4, 0.5) is 0 Å². The number of carbonyl (C=O) groups is 4. The highest BCUT2D eigenvalue weighted by molar-refractivity contribution is 7.47. The Morgan fingerprint density at radius 2 is 0.562 bits per heavy atom. The number of phosphoric ester groups is 2. The van der Waals surface area contributed by atoms with E-state index < -0.39 is 97.5 Å². The Bertz CT molecular complexity index is 2060. The Labute approximate surface area is 584 Å². The van der Waals surface area contributed by atoms with Crippen LogP contribution < -0.4 is 0 Å². The maximum atomic E-state index is 13.1. The first-order valence-corrected chi connectivity index (χ1v) is 41.5. The summed E-state index contributed by atoms with van der Waals surface area (Å²) >= 11 is 0. The molecule has 0 spiro atoms. The number of phosphoric acid groups is 2. The zero-order chi connectivity index (χ0) is 70.4. The van der Waals surface area contributed by atoms with Crippen molar-refractivity contribution >= 4 is 39.5 Å². The molecule has 0 aliphatic carbocycles. The molecule has 0 aliphatic rings. The molecule has 0 aliphatic heterocycles. The molecule has 0 fully saturated rings. The number of ether oxygens (including phenoxy) is 4. The zero-order valence-corrected chi connectivity index (χ0v) is 62.8. The smallest absolute Gasteiger partial charge is 0.462 e. The number of hydrogen-bond donors (Lipinski definition) is 3. The van der Waals surface area contributed by atoms with Gasteiger partial charge >= 0.3 is 39.5 Å². The fourth-order valence-corrected chi connectivity index (χ4v) is 12.2. The van der Waals surface area contributed by atoms with Crippen molar-refractivity contribution in [1.82, 2.24) is 0 Å². The second-order valence-electron chi connectivity index (χ2n) is 25.9. The Morgan fingerprint density at radius 1 is 0.302 bits per heavy atom. The summed E-state index contributed by atoms with van der Waals surface area (Å²) in [6.45, 7) is 4.72. The Kier molecular flexibility index (Phi) is 67.8. The van der Waals surface area contributed by atoms with E-state index in [-0.39, 0.29) is 25.7 Å². The van der Waals surface area contributed by atoms with Crippen molar-refractivity contribution in [2.24, 2.45) is 0 Å². The van der Waals surface area contributed by atoms with Gasteiger partial charge in [-0.2, -0.15) is 0 Å². The molecule has 0 rings (SSSR count). The number of unbranched alkanes of at least 4 members (excludes halogenated alkanes) is 37. The van der Waals surface area contributed by atoms with Gasteiger partial charge in [-0.1, -0.05) is 300 Å². The molecule has 3 N–H and O–H groups in total. The molecule has 0 saturated carbocycles. The normalized spacial score (nSPS) is 14.3. The van der Waals surface area contributed by atoms with Gasteiger partial charge in [0, 0.05) is 25.7 Å². The summed E-state index contributed by atoms with van der Waals surface area (Å²) in [4.78, 5) is 72.8. The number of allylic oxidation sites excluding steroid dienone is 10. The van der Waals surface area contributed by atoms with Gasteiger partial charge in [0.15, 0.2) is 12.2 Å². The van der Waals surface area contributed by atoms with E-state index in [2.05, 4.69) is 88.5 Å². The Hall–Kier alpha value is -3.24. The van der Waals surface area contributed by atoms with Gasteiger partial charge in [-0.25, -0.2) is 9.13 Å². The molecule has 5 atom stereocenters. The molecule has 0 aromatic carbocycles. The second kappa shape index (κ2) is 70.2. The van der Waals surface area contributed by atoms with Gasteiger partial charge < -0.3 is 33.8 Å². The van der Waals surface area contributed by atoms with E-state index in [1.165, 1.54) is 122 Å². The highest BCUT2D eigenvalue weighted by atomic mass is 31.2. The lowest BCUT2D eigenvalue weighted by Crippen LogP contribution is -2.30. The first-order valence-electron chi connectivity index (χ1n) is 38.5. The van der Waals surface area contributed by atoms with Crippen molar-refractivity contribution in [1.29, 1.82) is 0 Å². The van der Waals surface area contributed by atoms with Crippen LogP contribution in [0.1, 0.15) is 349 Å². The largest absolute Gasteiger partial charge is 0.472 e. The molecule has 0 saturated heterocycles. The minimum absolute atomic E-state index is 0.0839. The quantitative estimate of drug-likeness (QED) is 0.0169. The van der Waals surface area contributed by atoms with E-state index in [1.807, 2.05) is 0 Å². The van der Waals surface area contributed by atoms with Crippen LogP contribution in [0.5, 0.6) is 0 Å².